The lowest BCUT2D eigenvalue weighted by Crippen LogP contribution is -2.46. The van der Waals surface area contributed by atoms with Gasteiger partial charge in [0.25, 0.3) is 5.91 Å². The minimum Gasteiger partial charge on any atom is -0.394 e. The van der Waals surface area contributed by atoms with Crippen molar-refractivity contribution in [3.63, 3.8) is 0 Å². The molecular formula is C29H30ClN9O3. The Morgan fingerprint density at radius 2 is 1.95 bits per heavy atom. The maximum absolute atomic E-state index is 13.5. The third-order valence-corrected chi connectivity index (χ3v) is 7.08. The zero-order valence-electron chi connectivity index (χ0n) is 23.3. The summed E-state index contributed by atoms with van der Waals surface area (Å²) in [7, 11) is 0. The predicted molar refractivity (Wildman–Crippen MR) is 158 cm³/mol. The van der Waals surface area contributed by atoms with Crippen LogP contribution in [0.2, 0.25) is 5.02 Å². The highest BCUT2D eigenvalue weighted by molar-refractivity contribution is 6.33. The summed E-state index contributed by atoms with van der Waals surface area (Å²) in [5.74, 6) is 1.37. The first-order valence-corrected chi connectivity index (χ1v) is 13.8. The van der Waals surface area contributed by atoms with Crippen LogP contribution in [0, 0.1) is 6.92 Å². The van der Waals surface area contributed by atoms with E-state index in [0.717, 1.165) is 5.56 Å². The number of aliphatic hydroxyl groups is 1. The van der Waals surface area contributed by atoms with Gasteiger partial charge in [-0.2, -0.15) is 0 Å². The number of rotatable bonds is 10. The molecule has 0 radical (unpaired) electrons. The molecule has 0 spiro atoms. The van der Waals surface area contributed by atoms with Gasteiger partial charge in [-0.1, -0.05) is 29.8 Å². The number of fused-ring (bicyclic) bond motifs is 1. The lowest BCUT2D eigenvalue weighted by Gasteiger charge is -2.26. The Morgan fingerprint density at radius 1 is 1.12 bits per heavy atom. The van der Waals surface area contributed by atoms with Crippen LogP contribution in [0.15, 0.2) is 54.9 Å². The first kappa shape index (κ1) is 28.8. The van der Waals surface area contributed by atoms with E-state index in [4.69, 9.17) is 11.6 Å². The van der Waals surface area contributed by atoms with Crippen LogP contribution >= 0.6 is 11.6 Å². The second-order valence-corrected chi connectivity index (χ2v) is 10.1. The van der Waals surface area contributed by atoms with Crippen LogP contribution in [0.3, 0.4) is 0 Å². The van der Waals surface area contributed by atoms with Crippen molar-refractivity contribution in [2.24, 2.45) is 0 Å². The Morgan fingerprint density at radius 3 is 2.71 bits per heavy atom. The normalized spacial score (nSPS) is 13.8. The highest BCUT2D eigenvalue weighted by Crippen LogP contribution is 2.32. The van der Waals surface area contributed by atoms with Gasteiger partial charge in [-0.15, -0.1) is 0 Å². The van der Waals surface area contributed by atoms with Gasteiger partial charge in [0.05, 0.1) is 35.3 Å². The van der Waals surface area contributed by atoms with Gasteiger partial charge in [-0.3, -0.25) is 9.59 Å². The van der Waals surface area contributed by atoms with Crippen molar-refractivity contribution in [1.29, 1.82) is 0 Å². The van der Waals surface area contributed by atoms with Crippen molar-refractivity contribution in [2.75, 3.05) is 23.8 Å². The van der Waals surface area contributed by atoms with Crippen molar-refractivity contribution < 1.29 is 14.7 Å². The lowest BCUT2D eigenvalue weighted by molar-refractivity contribution is -0.126. The number of halogens is 1. The van der Waals surface area contributed by atoms with Crippen LogP contribution in [-0.4, -0.2) is 65.9 Å². The molecule has 0 unspecified atom stereocenters. The topological polar surface area (TPSA) is 158 Å². The number of carbonyl (C=O) groups is 2. The summed E-state index contributed by atoms with van der Waals surface area (Å²) in [6, 6.07) is 10.9. The molecule has 4 N–H and O–H groups in total. The predicted octanol–water partition coefficient (Wildman–Crippen LogP) is 3.66. The van der Waals surface area contributed by atoms with Gasteiger partial charge in [0.1, 0.15) is 23.5 Å². The number of aromatic nitrogens is 5. The smallest absolute Gasteiger partial charge is 0.255 e. The molecule has 12 nitrogen and oxygen atoms in total. The largest absolute Gasteiger partial charge is 0.394 e. The monoisotopic (exact) mass is 587 g/mol. The van der Waals surface area contributed by atoms with Crippen molar-refractivity contribution in [2.45, 2.75) is 39.4 Å². The number of aliphatic hydroxyl groups excluding tert-OH is 1. The molecule has 0 fully saturated rings. The van der Waals surface area contributed by atoms with E-state index in [-0.39, 0.29) is 25.0 Å². The maximum Gasteiger partial charge on any atom is 0.255 e. The Hall–Kier alpha value is -4.68. The molecule has 4 heterocycles. The molecule has 42 heavy (non-hydrogen) atoms. The molecule has 216 valence electrons. The molecule has 0 bridgehead atoms. The fourth-order valence-corrected chi connectivity index (χ4v) is 4.83. The molecule has 0 saturated heterocycles. The highest BCUT2D eigenvalue weighted by Gasteiger charge is 2.35. The minimum atomic E-state index is -0.797. The molecule has 2 amide bonds. The molecule has 0 aliphatic carbocycles. The fourth-order valence-electron chi connectivity index (χ4n) is 4.63. The minimum absolute atomic E-state index is 0.262. The molecule has 0 saturated carbocycles. The lowest BCUT2D eigenvalue weighted by atomic mass is 10.0. The Labute approximate surface area is 247 Å². The van der Waals surface area contributed by atoms with E-state index >= 15 is 0 Å². The molecule has 13 heteroatoms. The average Bonchev–Trinajstić information content (AvgIpc) is 3.32. The molecule has 4 aromatic rings. The zero-order chi connectivity index (χ0) is 29.8. The second-order valence-electron chi connectivity index (χ2n) is 9.71. The van der Waals surface area contributed by atoms with Gasteiger partial charge in [0.15, 0.2) is 0 Å². The van der Waals surface area contributed by atoms with Crippen molar-refractivity contribution in [3.05, 3.63) is 82.5 Å². The van der Waals surface area contributed by atoms with Crippen LogP contribution in [0.25, 0.3) is 11.3 Å². The molecule has 1 aliphatic rings. The molecule has 1 aromatic carbocycles. The quantitative estimate of drug-likeness (QED) is 0.216. The van der Waals surface area contributed by atoms with E-state index in [9.17, 15) is 14.7 Å². The summed E-state index contributed by atoms with van der Waals surface area (Å²) in [4.78, 5) is 49.8. The van der Waals surface area contributed by atoms with Gasteiger partial charge < -0.3 is 26.0 Å². The molecular weight excluding hydrogens is 558 g/mol. The Kier molecular flexibility index (Phi) is 8.55. The van der Waals surface area contributed by atoms with Gasteiger partial charge >= 0.3 is 0 Å². The fraction of sp³-hybridized carbons (Fsp3) is 0.276. The molecule has 5 rings (SSSR count). The summed E-state index contributed by atoms with van der Waals surface area (Å²) in [5.41, 5.74) is 2.83. The van der Waals surface area contributed by atoms with E-state index in [0.29, 0.717) is 51.5 Å². The summed E-state index contributed by atoms with van der Waals surface area (Å²) in [6.07, 6.45) is 3.11. The third-order valence-electron chi connectivity index (χ3n) is 6.81. The Balaban J connectivity index is 1.32. The number of pyridine rings is 1. The van der Waals surface area contributed by atoms with Crippen LogP contribution in [0.5, 0.6) is 0 Å². The third kappa shape index (κ3) is 6.14. The highest BCUT2D eigenvalue weighted by atomic mass is 35.5. The van der Waals surface area contributed by atoms with E-state index in [2.05, 4.69) is 40.9 Å². The first-order valence-electron chi connectivity index (χ1n) is 13.4. The number of hydrogen-bond donors (Lipinski definition) is 4. The van der Waals surface area contributed by atoms with Crippen LogP contribution in [0.1, 0.15) is 47.3 Å². The number of aryl methyl sites for hydroxylation is 1. The average molecular weight is 588 g/mol. The molecule has 1 aliphatic heterocycles. The van der Waals surface area contributed by atoms with Gasteiger partial charge in [-0.25, -0.2) is 24.9 Å². The summed E-state index contributed by atoms with van der Waals surface area (Å²) in [5, 5.41) is 19.3. The standard InChI is InChI=1S/C29H30ClN9O3/c1-4-31-24-7-5-6-22(35-24)23(15-40)36-27(41)16(2)39-14-19-9-8-18(12-20(19)28(39)42)26-21(30)13-33-29(38-26)37-25-10-11-32-17(3)34-25/h5-13,16,23,40H,4,14-15H2,1-3H3,(H,31,35)(H,36,41)(H,32,33,34,37,38)/t16-,23-/m1/s1. The second kappa shape index (κ2) is 12.5. The molecule has 2 atom stereocenters. The van der Waals surface area contributed by atoms with Gasteiger partial charge in [0.2, 0.25) is 11.9 Å². The maximum atomic E-state index is 13.5. The van der Waals surface area contributed by atoms with Crippen LogP contribution in [-0.2, 0) is 11.3 Å². The number of nitrogens with one attached hydrogen (secondary N) is 3. The first-order chi connectivity index (χ1) is 20.3. The van der Waals surface area contributed by atoms with E-state index in [1.165, 1.54) is 11.1 Å². The summed E-state index contributed by atoms with van der Waals surface area (Å²) >= 11 is 6.45. The number of anilines is 3. The van der Waals surface area contributed by atoms with Crippen molar-refractivity contribution in [1.82, 2.24) is 35.1 Å². The molecule has 3 aromatic heterocycles. The number of carbonyl (C=O) groups excluding carboxylic acids is 2. The zero-order valence-corrected chi connectivity index (χ0v) is 24.1. The number of hydrogen-bond acceptors (Lipinski definition) is 10. The SMILES string of the molecule is CCNc1cccc([C@@H](CO)NC(=O)[C@@H](C)N2Cc3ccc(-c4nc(Nc5ccnc(C)n5)ncc4Cl)cc3C2=O)n1. The summed E-state index contributed by atoms with van der Waals surface area (Å²) in [6.45, 7) is 6.00. The van der Waals surface area contributed by atoms with Crippen molar-refractivity contribution >= 4 is 41.0 Å². The summed E-state index contributed by atoms with van der Waals surface area (Å²) < 4.78 is 0. The number of benzene rings is 1. The van der Waals surface area contributed by atoms with Crippen LogP contribution < -0.4 is 16.0 Å². The number of amides is 2. The van der Waals surface area contributed by atoms with Gasteiger partial charge in [-0.05, 0) is 50.6 Å². The van der Waals surface area contributed by atoms with Crippen molar-refractivity contribution in [3.8, 4) is 11.3 Å². The van der Waals surface area contributed by atoms with Crippen LogP contribution in [0.4, 0.5) is 17.6 Å². The van der Waals surface area contributed by atoms with E-state index in [1.54, 1.807) is 44.3 Å². The number of nitrogens with zero attached hydrogens (tertiary/aromatic N) is 6. The Bertz CT molecular complexity index is 1630. The van der Waals surface area contributed by atoms with Gasteiger partial charge in [0, 0.05) is 30.4 Å². The van der Waals surface area contributed by atoms with E-state index < -0.39 is 18.0 Å². The van der Waals surface area contributed by atoms with E-state index in [1.807, 2.05) is 25.1 Å².